The molecule has 0 unspecified atom stereocenters. The van der Waals surface area contributed by atoms with Crippen LogP contribution in [0.2, 0.25) is 0 Å². The second-order valence-corrected chi connectivity index (χ2v) is 5.27. The van der Waals surface area contributed by atoms with Crippen LogP contribution in [0.1, 0.15) is 38.3 Å². The number of anilines is 1. The van der Waals surface area contributed by atoms with E-state index >= 15 is 0 Å². The Morgan fingerprint density at radius 2 is 2.06 bits per heavy atom. The predicted octanol–water partition coefficient (Wildman–Crippen LogP) is 2.29. The molecule has 90 valence electrons. The Balaban J connectivity index is 2.43. The van der Waals surface area contributed by atoms with Gasteiger partial charge >= 0.3 is 0 Å². The normalized spacial score (nSPS) is 11.8. The van der Waals surface area contributed by atoms with E-state index in [2.05, 4.69) is 38.0 Å². The number of rotatable bonds is 4. The quantitative estimate of drug-likeness (QED) is 0.767. The van der Waals surface area contributed by atoms with Gasteiger partial charge in [0.1, 0.15) is 5.82 Å². The second-order valence-electron chi connectivity index (χ2n) is 5.27. The van der Waals surface area contributed by atoms with E-state index in [0.29, 0.717) is 5.82 Å². The first-order valence-corrected chi connectivity index (χ1v) is 5.85. The highest BCUT2D eigenvalue weighted by Gasteiger charge is 2.08. The SMILES string of the molecule is Cc1ccnc(N)c1CCCNC(C)(C)C. The summed E-state index contributed by atoms with van der Waals surface area (Å²) in [6.07, 6.45) is 3.85. The zero-order chi connectivity index (χ0) is 12.2. The Hall–Kier alpha value is -1.09. The summed E-state index contributed by atoms with van der Waals surface area (Å²) in [5.74, 6) is 0.677. The number of nitrogens with two attached hydrogens (primary N) is 1. The Morgan fingerprint density at radius 3 is 2.62 bits per heavy atom. The number of nitrogen functional groups attached to an aromatic ring is 1. The fourth-order valence-corrected chi connectivity index (χ4v) is 1.66. The lowest BCUT2D eigenvalue weighted by atomic mass is 10.0. The molecule has 0 aliphatic heterocycles. The van der Waals surface area contributed by atoms with Crippen LogP contribution >= 0.6 is 0 Å². The molecule has 0 saturated heterocycles. The van der Waals surface area contributed by atoms with Crippen molar-refractivity contribution in [2.24, 2.45) is 0 Å². The molecular weight excluding hydrogens is 198 g/mol. The number of nitrogens with one attached hydrogen (secondary N) is 1. The summed E-state index contributed by atoms with van der Waals surface area (Å²) < 4.78 is 0. The molecule has 0 aliphatic rings. The number of hydrogen-bond donors (Lipinski definition) is 2. The third-order valence-corrected chi connectivity index (χ3v) is 2.58. The summed E-state index contributed by atoms with van der Waals surface area (Å²) in [4.78, 5) is 4.12. The van der Waals surface area contributed by atoms with Gasteiger partial charge < -0.3 is 11.1 Å². The number of hydrogen-bond acceptors (Lipinski definition) is 3. The fraction of sp³-hybridized carbons (Fsp3) is 0.615. The van der Waals surface area contributed by atoms with Crippen LogP contribution in [-0.2, 0) is 6.42 Å². The maximum atomic E-state index is 5.86. The number of aryl methyl sites for hydroxylation is 1. The number of nitrogens with zero attached hydrogens (tertiary/aromatic N) is 1. The Morgan fingerprint density at radius 1 is 1.38 bits per heavy atom. The van der Waals surface area contributed by atoms with Gasteiger partial charge in [0.05, 0.1) is 0 Å². The van der Waals surface area contributed by atoms with Crippen molar-refractivity contribution in [1.29, 1.82) is 0 Å². The molecule has 0 amide bonds. The van der Waals surface area contributed by atoms with Crippen LogP contribution in [0.25, 0.3) is 0 Å². The average molecular weight is 221 g/mol. The first-order valence-electron chi connectivity index (χ1n) is 5.85. The van der Waals surface area contributed by atoms with Gasteiger partial charge in [-0.2, -0.15) is 0 Å². The minimum Gasteiger partial charge on any atom is -0.383 e. The van der Waals surface area contributed by atoms with Gasteiger partial charge in [0.15, 0.2) is 0 Å². The molecule has 0 radical (unpaired) electrons. The van der Waals surface area contributed by atoms with Crippen LogP contribution in [0.15, 0.2) is 12.3 Å². The van der Waals surface area contributed by atoms with Gasteiger partial charge in [0.25, 0.3) is 0 Å². The molecule has 1 heterocycles. The third-order valence-electron chi connectivity index (χ3n) is 2.58. The topological polar surface area (TPSA) is 50.9 Å². The molecule has 1 rings (SSSR count). The molecule has 3 heteroatoms. The van der Waals surface area contributed by atoms with Crippen LogP contribution in [-0.4, -0.2) is 17.1 Å². The van der Waals surface area contributed by atoms with Crippen molar-refractivity contribution in [2.75, 3.05) is 12.3 Å². The van der Waals surface area contributed by atoms with Crippen molar-refractivity contribution in [2.45, 2.75) is 46.1 Å². The van der Waals surface area contributed by atoms with E-state index < -0.39 is 0 Å². The number of aromatic nitrogens is 1. The van der Waals surface area contributed by atoms with Crippen LogP contribution < -0.4 is 11.1 Å². The summed E-state index contributed by atoms with van der Waals surface area (Å²) in [5, 5.41) is 3.47. The molecule has 0 atom stereocenters. The zero-order valence-electron chi connectivity index (χ0n) is 10.8. The first-order chi connectivity index (χ1) is 7.40. The van der Waals surface area contributed by atoms with E-state index in [1.807, 2.05) is 6.07 Å². The molecule has 1 aromatic heterocycles. The van der Waals surface area contributed by atoms with E-state index in [9.17, 15) is 0 Å². The second kappa shape index (κ2) is 5.30. The molecule has 0 bridgehead atoms. The molecule has 0 saturated carbocycles. The maximum Gasteiger partial charge on any atom is 0.126 e. The monoisotopic (exact) mass is 221 g/mol. The van der Waals surface area contributed by atoms with E-state index in [0.717, 1.165) is 19.4 Å². The van der Waals surface area contributed by atoms with E-state index in [1.54, 1.807) is 6.20 Å². The molecule has 3 N–H and O–H groups in total. The molecule has 0 aliphatic carbocycles. The van der Waals surface area contributed by atoms with Crippen LogP contribution in [0, 0.1) is 6.92 Å². The highest BCUT2D eigenvalue weighted by molar-refractivity contribution is 5.43. The smallest absolute Gasteiger partial charge is 0.126 e. The summed E-state index contributed by atoms with van der Waals surface area (Å²) in [5.41, 5.74) is 8.48. The van der Waals surface area contributed by atoms with Gasteiger partial charge in [-0.1, -0.05) is 0 Å². The molecule has 0 aromatic carbocycles. The average Bonchev–Trinajstić information content (AvgIpc) is 2.14. The van der Waals surface area contributed by atoms with Crippen molar-refractivity contribution < 1.29 is 0 Å². The van der Waals surface area contributed by atoms with E-state index in [-0.39, 0.29) is 5.54 Å². The molecule has 0 spiro atoms. The highest BCUT2D eigenvalue weighted by Crippen LogP contribution is 2.15. The van der Waals surface area contributed by atoms with Crippen molar-refractivity contribution in [3.63, 3.8) is 0 Å². The Kier molecular flexibility index (Phi) is 4.30. The van der Waals surface area contributed by atoms with Crippen molar-refractivity contribution in [3.8, 4) is 0 Å². The lowest BCUT2D eigenvalue weighted by Crippen LogP contribution is -2.36. The minimum absolute atomic E-state index is 0.190. The van der Waals surface area contributed by atoms with Gasteiger partial charge in [-0.05, 0) is 64.3 Å². The maximum absolute atomic E-state index is 5.86. The molecule has 16 heavy (non-hydrogen) atoms. The van der Waals surface area contributed by atoms with Crippen molar-refractivity contribution >= 4 is 5.82 Å². The van der Waals surface area contributed by atoms with E-state index in [4.69, 9.17) is 5.73 Å². The minimum atomic E-state index is 0.190. The largest absolute Gasteiger partial charge is 0.383 e. The lowest BCUT2D eigenvalue weighted by molar-refractivity contribution is 0.422. The van der Waals surface area contributed by atoms with Crippen LogP contribution in [0.3, 0.4) is 0 Å². The molecule has 0 fully saturated rings. The lowest BCUT2D eigenvalue weighted by Gasteiger charge is -2.20. The summed E-state index contributed by atoms with van der Waals surface area (Å²) in [6.45, 7) is 9.63. The van der Waals surface area contributed by atoms with Crippen molar-refractivity contribution in [3.05, 3.63) is 23.4 Å². The standard InChI is InChI=1S/C13H23N3/c1-10-7-9-15-12(14)11(10)6-5-8-16-13(2,3)4/h7,9,16H,5-6,8H2,1-4H3,(H2,14,15). The Labute approximate surface area is 98.5 Å². The predicted molar refractivity (Wildman–Crippen MR) is 69.5 cm³/mol. The molecule has 1 aromatic rings. The first kappa shape index (κ1) is 13.0. The van der Waals surface area contributed by atoms with E-state index in [1.165, 1.54) is 11.1 Å². The number of pyridine rings is 1. The summed E-state index contributed by atoms with van der Waals surface area (Å²) in [7, 11) is 0. The molecular formula is C13H23N3. The van der Waals surface area contributed by atoms with Crippen LogP contribution in [0.4, 0.5) is 5.82 Å². The summed E-state index contributed by atoms with van der Waals surface area (Å²) >= 11 is 0. The summed E-state index contributed by atoms with van der Waals surface area (Å²) in [6, 6.07) is 2.02. The van der Waals surface area contributed by atoms with Gasteiger partial charge in [0.2, 0.25) is 0 Å². The van der Waals surface area contributed by atoms with Gasteiger partial charge in [-0.25, -0.2) is 4.98 Å². The van der Waals surface area contributed by atoms with Gasteiger partial charge in [-0.3, -0.25) is 0 Å². The van der Waals surface area contributed by atoms with Gasteiger partial charge in [0, 0.05) is 11.7 Å². The zero-order valence-corrected chi connectivity index (χ0v) is 10.8. The fourth-order valence-electron chi connectivity index (χ4n) is 1.66. The van der Waals surface area contributed by atoms with Gasteiger partial charge in [-0.15, -0.1) is 0 Å². The van der Waals surface area contributed by atoms with Crippen LogP contribution in [0.5, 0.6) is 0 Å². The Bertz CT molecular complexity index is 319. The highest BCUT2D eigenvalue weighted by atomic mass is 14.9. The van der Waals surface area contributed by atoms with Crippen molar-refractivity contribution in [1.82, 2.24) is 10.3 Å². The molecule has 3 nitrogen and oxygen atoms in total. The third kappa shape index (κ3) is 4.19.